The molecule has 0 bridgehead atoms. The fraction of sp³-hybridized carbons (Fsp3) is 0.538. The summed E-state index contributed by atoms with van der Waals surface area (Å²) in [6.45, 7) is 8.09. The number of hydrogen-bond donors (Lipinski definition) is 1. The first-order chi connectivity index (χ1) is 7.88. The molecule has 1 amide bonds. The first kappa shape index (κ1) is 19.2. The SMILES string of the molecule is C=CC(=O)C(NC(=O)C=CC)[N+](C)(C)CCC.[Cl-]. The van der Waals surface area contributed by atoms with Crippen LogP contribution < -0.4 is 17.7 Å². The summed E-state index contributed by atoms with van der Waals surface area (Å²) in [4.78, 5) is 23.3. The molecule has 0 aliphatic carbocycles. The third kappa shape index (κ3) is 5.98. The number of carbonyl (C=O) groups excluding carboxylic acids is 2. The fourth-order valence-corrected chi connectivity index (χ4v) is 1.74. The van der Waals surface area contributed by atoms with Crippen LogP contribution in [0.4, 0.5) is 0 Å². The summed E-state index contributed by atoms with van der Waals surface area (Å²) in [6.07, 6.45) is 4.68. The summed E-state index contributed by atoms with van der Waals surface area (Å²) in [5.74, 6) is -0.420. The van der Waals surface area contributed by atoms with Gasteiger partial charge in [-0.15, -0.1) is 0 Å². The van der Waals surface area contributed by atoms with Gasteiger partial charge in [0.15, 0.2) is 0 Å². The van der Waals surface area contributed by atoms with Gasteiger partial charge in [-0.2, -0.15) is 0 Å². The molecular weight excluding hydrogens is 252 g/mol. The number of quaternary nitrogens is 1. The zero-order chi connectivity index (χ0) is 13.5. The Balaban J connectivity index is 0. The van der Waals surface area contributed by atoms with Crippen molar-refractivity contribution in [3.8, 4) is 0 Å². The van der Waals surface area contributed by atoms with Gasteiger partial charge in [0.05, 0.1) is 20.6 Å². The van der Waals surface area contributed by atoms with Crippen molar-refractivity contribution in [1.29, 1.82) is 0 Å². The monoisotopic (exact) mass is 274 g/mol. The second-order valence-corrected chi connectivity index (χ2v) is 4.52. The second kappa shape index (κ2) is 8.89. The predicted molar refractivity (Wildman–Crippen MR) is 69.2 cm³/mol. The molecule has 0 aliphatic heterocycles. The van der Waals surface area contributed by atoms with Crippen LogP contribution in [0.1, 0.15) is 20.3 Å². The normalized spacial score (nSPS) is 12.7. The molecule has 104 valence electrons. The Morgan fingerprint density at radius 2 is 1.94 bits per heavy atom. The molecule has 18 heavy (non-hydrogen) atoms. The number of ketones is 1. The Morgan fingerprint density at radius 1 is 1.39 bits per heavy atom. The van der Waals surface area contributed by atoms with Gasteiger partial charge in [-0.25, -0.2) is 0 Å². The van der Waals surface area contributed by atoms with Gasteiger partial charge in [0.1, 0.15) is 0 Å². The summed E-state index contributed by atoms with van der Waals surface area (Å²) >= 11 is 0. The molecule has 0 fully saturated rings. The quantitative estimate of drug-likeness (QED) is 0.340. The van der Waals surface area contributed by atoms with E-state index in [1.807, 2.05) is 21.0 Å². The molecule has 0 heterocycles. The maximum absolute atomic E-state index is 11.8. The largest absolute Gasteiger partial charge is 1.00 e. The van der Waals surface area contributed by atoms with Crippen LogP contribution >= 0.6 is 0 Å². The minimum atomic E-state index is -0.573. The van der Waals surface area contributed by atoms with Crippen LogP contribution in [-0.2, 0) is 9.59 Å². The van der Waals surface area contributed by atoms with Crippen molar-refractivity contribution in [3.63, 3.8) is 0 Å². The lowest BCUT2D eigenvalue weighted by Crippen LogP contribution is -3.00. The number of halogens is 1. The maximum atomic E-state index is 11.8. The summed E-state index contributed by atoms with van der Waals surface area (Å²) in [6, 6.07) is 0. The van der Waals surface area contributed by atoms with Crippen LogP contribution in [-0.4, -0.2) is 43.0 Å². The second-order valence-electron chi connectivity index (χ2n) is 4.52. The highest BCUT2D eigenvalue weighted by molar-refractivity contribution is 5.97. The smallest absolute Gasteiger partial charge is 0.248 e. The summed E-state index contributed by atoms with van der Waals surface area (Å²) in [5.41, 5.74) is 0. The zero-order valence-electron chi connectivity index (χ0n) is 11.6. The fourth-order valence-electron chi connectivity index (χ4n) is 1.74. The molecule has 0 radical (unpaired) electrons. The van der Waals surface area contributed by atoms with Crippen molar-refractivity contribution in [2.45, 2.75) is 26.4 Å². The minimum absolute atomic E-state index is 0. The van der Waals surface area contributed by atoms with Gasteiger partial charge in [-0.05, 0) is 25.5 Å². The van der Waals surface area contributed by atoms with E-state index in [1.165, 1.54) is 12.2 Å². The van der Waals surface area contributed by atoms with E-state index in [9.17, 15) is 9.59 Å². The topological polar surface area (TPSA) is 46.2 Å². The lowest BCUT2D eigenvalue weighted by atomic mass is 10.2. The Hall–Kier alpha value is -1.13. The molecule has 0 aromatic heterocycles. The number of rotatable bonds is 7. The molecule has 0 saturated carbocycles. The molecule has 5 heteroatoms. The Bertz CT molecular complexity index is 325. The average Bonchev–Trinajstić information content (AvgIpc) is 2.25. The molecule has 0 spiro atoms. The van der Waals surface area contributed by atoms with Gasteiger partial charge in [0.25, 0.3) is 0 Å². The Labute approximate surface area is 116 Å². The summed E-state index contributed by atoms with van der Waals surface area (Å²) in [7, 11) is 3.84. The van der Waals surface area contributed by atoms with Gasteiger partial charge in [-0.3, -0.25) is 14.9 Å². The molecule has 0 saturated heterocycles. The molecule has 0 aromatic carbocycles. The lowest BCUT2D eigenvalue weighted by molar-refractivity contribution is -0.907. The Kier molecular flexibility index (Phi) is 9.49. The van der Waals surface area contributed by atoms with Gasteiger partial charge < -0.3 is 16.9 Å². The van der Waals surface area contributed by atoms with Crippen LogP contribution in [0.15, 0.2) is 24.8 Å². The molecule has 0 aromatic rings. The van der Waals surface area contributed by atoms with E-state index in [0.717, 1.165) is 13.0 Å². The average molecular weight is 275 g/mol. The minimum Gasteiger partial charge on any atom is -1.00 e. The van der Waals surface area contributed by atoms with Crippen molar-refractivity contribution in [3.05, 3.63) is 24.8 Å². The third-order valence-electron chi connectivity index (χ3n) is 2.57. The van der Waals surface area contributed by atoms with E-state index < -0.39 is 6.17 Å². The van der Waals surface area contributed by atoms with E-state index in [0.29, 0.717) is 4.48 Å². The molecule has 0 rings (SSSR count). The highest BCUT2D eigenvalue weighted by Crippen LogP contribution is 2.07. The summed E-state index contributed by atoms with van der Waals surface area (Å²) in [5, 5.41) is 2.72. The zero-order valence-corrected chi connectivity index (χ0v) is 12.3. The number of nitrogens with one attached hydrogen (secondary N) is 1. The van der Waals surface area contributed by atoms with Crippen LogP contribution in [0.5, 0.6) is 0 Å². The van der Waals surface area contributed by atoms with Crippen LogP contribution in [0.2, 0.25) is 0 Å². The molecule has 0 aliphatic rings. The van der Waals surface area contributed by atoms with Gasteiger partial charge in [0, 0.05) is 0 Å². The summed E-state index contributed by atoms with van der Waals surface area (Å²) < 4.78 is 0.421. The van der Waals surface area contributed by atoms with Crippen molar-refractivity contribution < 1.29 is 26.5 Å². The number of hydrogen-bond acceptors (Lipinski definition) is 2. The lowest BCUT2D eigenvalue weighted by Gasteiger charge is -2.36. The molecule has 1 atom stereocenters. The van der Waals surface area contributed by atoms with Crippen LogP contribution in [0.25, 0.3) is 0 Å². The number of likely N-dealkylation sites (N-methyl/N-ethyl adjacent to an activating group) is 1. The van der Waals surface area contributed by atoms with Crippen molar-refractivity contribution in [2.75, 3.05) is 20.6 Å². The van der Waals surface area contributed by atoms with Gasteiger partial charge >= 0.3 is 0 Å². The number of carbonyl (C=O) groups is 2. The first-order valence-electron chi connectivity index (χ1n) is 5.81. The van der Waals surface area contributed by atoms with E-state index in [2.05, 4.69) is 11.9 Å². The third-order valence-corrected chi connectivity index (χ3v) is 2.57. The van der Waals surface area contributed by atoms with E-state index in [4.69, 9.17) is 0 Å². The molecule has 4 nitrogen and oxygen atoms in total. The highest BCUT2D eigenvalue weighted by Gasteiger charge is 2.33. The number of amides is 1. The van der Waals surface area contributed by atoms with Crippen LogP contribution in [0, 0.1) is 0 Å². The molecule has 1 N–H and O–H groups in total. The van der Waals surface area contributed by atoms with Crippen molar-refractivity contribution in [2.24, 2.45) is 0 Å². The van der Waals surface area contributed by atoms with Crippen molar-refractivity contribution in [1.82, 2.24) is 5.32 Å². The van der Waals surface area contributed by atoms with E-state index in [-0.39, 0.29) is 24.1 Å². The number of nitrogens with zero attached hydrogens (tertiary/aromatic N) is 1. The Morgan fingerprint density at radius 3 is 2.33 bits per heavy atom. The maximum Gasteiger partial charge on any atom is 0.248 e. The number of allylic oxidation sites excluding steroid dienone is 1. The first-order valence-corrected chi connectivity index (χ1v) is 5.81. The van der Waals surface area contributed by atoms with E-state index in [1.54, 1.807) is 13.0 Å². The standard InChI is InChI=1S/C13H22N2O2.ClH/c1-6-9-12(17)14-13(11(16)8-3)15(4,5)10-7-2;/h6,8-9,13H,3,7,10H2,1-2,4-5H3;1H. The van der Waals surface area contributed by atoms with Gasteiger partial charge in [-0.1, -0.05) is 19.6 Å². The van der Waals surface area contributed by atoms with E-state index >= 15 is 0 Å². The van der Waals surface area contributed by atoms with Gasteiger partial charge in [0.2, 0.25) is 17.9 Å². The molecular formula is C13H23ClN2O2. The van der Waals surface area contributed by atoms with Crippen molar-refractivity contribution >= 4 is 11.7 Å². The predicted octanol–water partition coefficient (Wildman–Crippen LogP) is -1.75. The van der Waals surface area contributed by atoms with Crippen LogP contribution in [0.3, 0.4) is 0 Å². The molecule has 1 unspecified atom stereocenters. The highest BCUT2D eigenvalue weighted by atomic mass is 35.5.